The highest BCUT2D eigenvalue weighted by Gasteiger charge is 2.24. The van der Waals surface area contributed by atoms with Gasteiger partial charge >= 0.3 is 0 Å². The fraction of sp³-hybridized carbons (Fsp3) is 0.889. The van der Waals surface area contributed by atoms with Crippen LogP contribution in [0.3, 0.4) is 0 Å². The fourth-order valence-electron chi connectivity index (χ4n) is 1.61. The van der Waals surface area contributed by atoms with E-state index < -0.39 is 10.0 Å². The van der Waals surface area contributed by atoms with Crippen LogP contribution in [-0.4, -0.2) is 49.6 Å². The first-order valence-electron chi connectivity index (χ1n) is 5.15. The van der Waals surface area contributed by atoms with Gasteiger partial charge in [-0.3, -0.25) is 4.90 Å². The molecule has 83 valence electrons. The Morgan fingerprint density at radius 2 is 1.71 bits per heavy atom. The average molecular weight is 219 g/mol. The van der Waals surface area contributed by atoms with Crippen LogP contribution >= 0.6 is 0 Å². The van der Waals surface area contributed by atoms with Crippen molar-refractivity contribution in [2.75, 3.05) is 31.9 Å². The molecule has 0 aromatic rings. The summed E-state index contributed by atoms with van der Waals surface area (Å²) < 4.78 is 24.6. The normalized spacial score (nSPS) is 21.3. The molecule has 14 heavy (non-hydrogen) atoms. The Morgan fingerprint density at radius 3 is 2.14 bits per heavy atom. The second kappa shape index (κ2) is 5.09. The predicted octanol–water partition coefficient (Wildman–Crippen LogP) is 0.525. The lowest BCUT2D eigenvalue weighted by atomic mass is 10.3. The number of rotatable bonds is 4. The zero-order valence-corrected chi connectivity index (χ0v) is 9.76. The van der Waals surface area contributed by atoms with Crippen LogP contribution in [-0.2, 0) is 10.0 Å². The first kappa shape index (κ1) is 11.9. The van der Waals surface area contributed by atoms with Gasteiger partial charge in [-0.05, 0) is 13.3 Å². The molecule has 0 aromatic heterocycles. The summed E-state index contributed by atoms with van der Waals surface area (Å²) in [6.45, 7) is 8.84. The lowest BCUT2D eigenvalue weighted by Gasteiger charge is -2.33. The Bertz CT molecular complexity index is 256. The molecule has 0 spiro atoms. The van der Waals surface area contributed by atoms with E-state index in [4.69, 9.17) is 0 Å². The maximum absolute atomic E-state index is 11.5. The Kier molecular flexibility index (Phi) is 4.34. The van der Waals surface area contributed by atoms with E-state index in [9.17, 15) is 8.42 Å². The summed E-state index contributed by atoms with van der Waals surface area (Å²) in [6.07, 6.45) is 1.01. The van der Waals surface area contributed by atoms with Gasteiger partial charge < -0.3 is 0 Å². The van der Waals surface area contributed by atoms with Crippen LogP contribution in [0.15, 0.2) is 0 Å². The van der Waals surface area contributed by atoms with Gasteiger partial charge in [-0.2, -0.15) is 4.31 Å². The van der Waals surface area contributed by atoms with E-state index >= 15 is 0 Å². The van der Waals surface area contributed by atoms with Crippen molar-refractivity contribution in [3.63, 3.8) is 0 Å². The van der Waals surface area contributed by atoms with Gasteiger partial charge in [-0.25, -0.2) is 8.42 Å². The van der Waals surface area contributed by atoms with Crippen molar-refractivity contribution in [2.24, 2.45) is 0 Å². The second-order valence-electron chi connectivity index (χ2n) is 3.43. The highest BCUT2D eigenvalue weighted by molar-refractivity contribution is 7.89. The third kappa shape index (κ3) is 2.93. The monoisotopic (exact) mass is 219 g/mol. The van der Waals surface area contributed by atoms with Gasteiger partial charge in [0.1, 0.15) is 0 Å². The molecule has 0 amide bonds. The molecule has 1 fully saturated rings. The maximum atomic E-state index is 11.5. The maximum Gasteiger partial charge on any atom is 0.213 e. The summed E-state index contributed by atoms with van der Waals surface area (Å²) in [5.41, 5.74) is 0. The molecule has 1 aliphatic rings. The van der Waals surface area contributed by atoms with E-state index in [2.05, 4.69) is 18.4 Å². The first-order valence-corrected chi connectivity index (χ1v) is 6.76. The molecule has 5 heteroatoms. The largest absolute Gasteiger partial charge is 0.296 e. The molecular weight excluding hydrogens is 200 g/mol. The van der Waals surface area contributed by atoms with Crippen LogP contribution in [0.25, 0.3) is 0 Å². The van der Waals surface area contributed by atoms with Crippen molar-refractivity contribution in [3.05, 3.63) is 6.54 Å². The topological polar surface area (TPSA) is 40.6 Å². The van der Waals surface area contributed by atoms with Gasteiger partial charge in [0.25, 0.3) is 0 Å². The Morgan fingerprint density at radius 1 is 1.14 bits per heavy atom. The molecular formula is C9H19N2O2S. The minimum atomic E-state index is -2.97. The molecule has 0 N–H and O–H groups in total. The van der Waals surface area contributed by atoms with Crippen molar-refractivity contribution in [1.82, 2.24) is 9.21 Å². The molecule has 1 aliphatic heterocycles. The fourth-order valence-corrected chi connectivity index (χ4v) is 2.69. The van der Waals surface area contributed by atoms with E-state index in [0.717, 1.165) is 19.5 Å². The van der Waals surface area contributed by atoms with Gasteiger partial charge in [0.2, 0.25) is 10.0 Å². The molecule has 0 aliphatic carbocycles. The van der Waals surface area contributed by atoms with Crippen LogP contribution in [0.4, 0.5) is 0 Å². The molecule has 1 saturated heterocycles. The van der Waals surface area contributed by atoms with Gasteiger partial charge in [0, 0.05) is 32.7 Å². The molecule has 0 saturated carbocycles. The van der Waals surface area contributed by atoms with E-state index in [1.807, 2.05) is 0 Å². The molecule has 1 rings (SSSR count). The van der Waals surface area contributed by atoms with Crippen LogP contribution in [0.5, 0.6) is 0 Å². The Hall–Kier alpha value is -0.130. The summed E-state index contributed by atoms with van der Waals surface area (Å²) in [5, 5.41) is 0. The number of sulfonamides is 1. The Balaban J connectivity index is 2.43. The van der Waals surface area contributed by atoms with Crippen molar-refractivity contribution >= 4 is 10.0 Å². The van der Waals surface area contributed by atoms with E-state index in [-0.39, 0.29) is 5.75 Å². The Labute approximate surface area is 86.9 Å². The molecule has 1 radical (unpaired) electrons. The van der Waals surface area contributed by atoms with Crippen molar-refractivity contribution in [2.45, 2.75) is 20.3 Å². The summed E-state index contributed by atoms with van der Waals surface area (Å²) in [6, 6.07) is 0. The third-order valence-corrected chi connectivity index (χ3v) is 4.35. The smallest absolute Gasteiger partial charge is 0.213 e. The van der Waals surface area contributed by atoms with E-state index in [1.54, 1.807) is 11.2 Å². The van der Waals surface area contributed by atoms with Gasteiger partial charge in [-0.15, -0.1) is 0 Å². The van der Waals surface area contributed by atoms with Crippen LogP contribution in [0.2, 0.25) is 0 Å². The zero-order valence-electron chi connectivity index (χ0n) is 8.94. The number of nitrogens with zero attached hydrogens (tertiary/aromatic N) is 2. The van der Waals surface area contributed by atoms with E-state index in [1.165, 1.54) is 0 Å². The summed E-state index contributed by atoms with van der Waals surface area (Å²) in [7, 11) is -2.97. The highest BCUT2D eigenvalue weighted by Crippen LogP contribution is 2.09. The lowest BCUT2D eigenvalue weighted by molar-refractivity contribution is 0.220. The summed E-state index contributed by atoms with van der Waals surface area (Å²) in [4.78, 5) is 2.20. The van der Waals surface area contributed by atoms with E-state index in [0.29, 0.717) is 13.1 Å². The van der Waals surface area contributed by atoms with Gasteiger partial charge in [-0.1, -0.05) is 6.92 Å². The van der Waals surface area contributed by atoms with Gasteiger partial charge in [0.05, 0.1) is 5.75 Å². The summed E-state index contributed by atoms with van der Waals surface area (Å²) >= 11 is 0. The molecule has 1 heterocycles. The SMILES string of the molecule is CC[CH]N1CCN(S(=O)(=O)CC)CC1. The number of piperazine rings is 1. The average Bonchev–Trinajstić information content (AvgIpc) is 2.19. The van der Waals surface area contributed by atoms with Crippen LogP contribution in [0, 0.1) is 6.54 Å². The van der Waals surface area contributed by atoms with Crippen LogP contribution < -0.4 is 0 Å². The second-order valence-corrected chi connectivity index (χ2v) is 5.68. The van der Waals surface area contributed by atoms with Gasteiger partial charge in [0.15, 0.2) is 0 Å². The minimum absolute atomic E-state index is 0.213. The molecule has 0 bridgehead atoms. The highest BCUT2D eigenvalue weighted by atomic mass is 32.2. The van der Waals surface area contributed by atoms with Crippen molar-refractivity contribution in [1.29, 1.82) is 0 Å². The zero-order chi connectivity index (χ0) is 10.6. The minimum Gasteiger partial charge on any atom is -0.296 e. The number of hydrogen-bond donors (Lipinski definition) is 0. The van der Waals surface area contributed by atoms with Crippen LogP contribution in [0.1, 0.15) is 20.3 Å². The third-order valence-electron chi connectivity index (χ3n) is 2.47. The molecule has 0 aromatic carbocycles. The quantitative estimate of drug-likeness (QED) is 0.692. The molecule has 4 nitrogen and oxygen atoms in total. The molecule has 0 unspecified atom stereocenters. The van der Waals surface area contributed by atoms with Crippen molar-refractivity contribution in [3.8, 4) is 0 Å². The summed E-state index contributed by atoms with van der Waals surface area (Å²) in [5.74, 6) is 0.213. The number of hydrogen-bond acceptors (Lipinski definition) is 3. The molecule has 0 atom stereocenters. The standard InChI is InChI=1S/C9H19N2O2S/c1-3-5-10-6-8-11(9-7-10)14(12,13)4-2/h5H,3-4,6-9H2,1-2H3. The lowest BCUT2D eigenvalue weighted by Crippen LogP contribution is -2.47. The predicted molar refractivity (Wildman–Crippen MR) is 57.2 cm³/mol. The van der Waals surface area contributed by atoms with Crippen molar-refractivity contribution < 1.29 is 8.42 Å². The first-order chi connectivity index (χ1) is 6.60.